The van der Waals surface area contributed by atoms with Gasteiger partial charge in [-0.1, -0.05) is 24.3 Å². The molecule has 2 unspecified atom stereocenters. The molecular formula is C16H19NO4. The van der Waals surface area contributed by atoms with E-state index in [0.29, 0.717) is 0 Å². The van der Waals surface area contributed by atoms with Crippen LogP contribution in [0, 0.1) is 6.92 Å². The first kappa shape index (κ1) is 15.3. The van der Waals surface area contributed by atoms with Gasteiger partial charge < -0.3 is 14.7 Å². The molecule has 1 N–H and O–H groups in total. The van der Waals surface area contributed by atoms with Crippen LogP contribution in [0.25, 0.3) is 6.08 Å². The fourth-order valence-corrected chi connectivity index (χ4v) is 2.45. The van der Waals surface area contributed by atoms with Gasteiger partial charge in [0.25, 0.3) is 0 Å². The number of amides is 1. The van der Waals surface area contributed by atoms with Gasteiger partial charge in [-0.15, -0.1) is 0 Å². The third-order valence-corrected chi connectivity index (χ3v) is 3.63. The number of benzene rings is 1. The van der Waals surface area contributed by atoms with Crippen molar-refractivity contribution in [1.29, 1.82) is 0 Å². The summed E-state index contributed by atoms with van der Waals surface area (Å²) in [5, 5.41) is 9.67. The Labute approximate surface area is 123 Å². The molecule has 1 aliphatic rings. The summed E-state index contributed by atoms with van der Waals surface area (Å²) in [5.41, 5.74) is 2.01. The number of carbonyl (C=O) groups excluding carboxylic acids is 2. The number of likely N-dealkylation sites (tertiary alicyclic amines) is 1. The van der Waals surface area contributed by atoms with E-state index in [2.05, 4.69) is 4.74 Å². The highest BCUT2D eigenvalue weighted by Crippen LogP contribution is 2.20. The number of esters is 1. The van der Waals surface area contributed by atoms with Crippen LogP contribution in [-0.4, -0.2) is 47.7 Å². The number of hydrogen-bond acceptors (Lipinski definition) is 4. The Morgan fingerprint density at radius 1 is 1.38 bits per heavy atom. The second-order valence-corrected chi connectivity index (χ2v) is 5.11. The van der Waals surface area contributed by atoms with Crippen molar-refractivity contribution in [2.45, 2.75) is 25.5 Å². The van der Waals surface area contributed by atoms with E-state index in [0.717, 1.165) is 11.1 Å². The summed E-state index contributed by atoms with van der Waals surface area (Å²) < 4.78 is 4.68. The molecule has 1 heterocycles. The van der Waals surface area contributed by atoms with Crippen molar-refractivity contribution >= 4 is 18.0 Å². The van der Waals surface area contributed by atoms with Crippen LogP contribution >= 0.6 is 0 Å². The summed E-state index contributed by atoms with van der Waals surface area (Å²) in [5.74, 6) is -0.797. The van der Waals surface area contributed by atoms with Gasteiger partial charge in [0.15, 0.2) is 0 Å². The average molecular weight is 289 g/mol. The highest BCUT2D eigenvalue weighted by Gasteiger charge is 2.38. The van der Waals surface area contributed by atoms with Crippen LogP contribution in [0.4, 0.5) is 0 Å². The molecule has 0 radical (unpaired) electrons. The van der Waals surface area contributed by atoms with E-state index in [-0.39, 0.29) is 18.9 Å². The minimum absolute atomic E-state index is 0.150. The molecule has 0 spiro atoms. The summed E-state index contributed by atoms with van der Waals surface area (Å²) in [6, 6.07) is 6.99. The van der Waals surface area contributed by atoms with Crippen LogP contribution in [0.15, 0.2) is 30.3 Å². The number of rotatable bonds is 3. The van der Waals surface area contributed by atoms with Gasteiger partial charge in [-0.3, -0.25) is 4.79 Å². The first-order chi connectivity index (χ1) is 10.0. The number of aliphatic hydroxyl groups is 1. The quantitative estimate of drug-likeness (QED) is 0.669. The molecule has 0 aliphatic carbocycles. The second kappa shape index (κ2) is 6.54. The topological polar surface area (TPSA) is 66.8 Å². The van der Waals surface area contributed by atoms with Crippen LogP contribution in [0.3, 0.4) is 0 Å². The Hall–Kier alpha value is -2.14. The zero-order chi connectivity index (χ0) is 15.4. The van der Waals surface area contributed by atoms with Crippen LogP contribution in [0.2, 0.25) is 0 Å². The van der Waals surface area contributed by atoms with E-state index >= 15 is 0 Å². The molecule has 1 saturated heterocycles. The smallest absolute Gasteiger partial charge is 0.328 e. The Morgan fingerprint density at radius 3 is 2.76 bits per heavy atom. The zero-order valence-corrected chi connectivity index (χ0v) is 12.2. The zero-order valence-electron chi connectivity index (χ0n) is 12.2. The standard InChI is InChI=1S/C16H19NO4/c1-11-5-3-4-6-12(11)7-8-15(19)17-10-13(18)9-14(17)16(20)21-2/h3-8,13-14,18H,9-10H2,1-2H3/b8-7+. The summed E-state index contributed by atoms with van der Waals surface area (Å²) in [6.45, 7) is 2.11. The molecule has 0 bridgehead atoms. The van der Waals surface area contributed by atoms with Crippen molar-refractivity contribution in [3.63, 3.8) is 0 Å². The molecule has 0 aromatic heterocycles. The lowest BCUT2D eigenvalue weighted by Gasteiger charge is -2.20. The van der Waals surface area contributed by atoms with Gasteiger partial charge in [0.1, 0.15) is 6.04 Å². The lowest BCUT2D eigenvalue weighted by molar-refractivity contribution is -0.149. The fraction of sp³-hybridized carbons (Fsp3) is 0.375. The van der Waals surface area contributed by atoms with Crippen molar-refractivity contribution < 1.29 is 19.4 Å². The predicted molar refractivity (Wildman–Crippen MR) is 78.4 cm³/mol. The number of aryl methyl sites for hydroxylation is 1. The maximum Gasteiger partial charge on any atom is 0.328 e. The van der Waals surface area contributed by atoms with Crippen LogP contribution in [0.5, 0.6) is 0 Å². The average Bonchev–Trinajstić information content (AvgIpc) is 2.87. The highest BCUT2D eigenvalue weighted by molar-refractivity contribution is 5.95. The number of β-amino-alcohol motifs (C(OH)–C–C–N with tert-alkyl or cyclic N) is 1. The predicted octanol–water partition coefficient (Wildman–Crippen LogP) is 1.14. The highest BCUT2D eigenvalue weighted by atomic mass is 16.5. The third-order valence-electron chi connectivity index (χ3n) is 3.63. The summed E-state index contributed by atoms with van der Waals surface area (Å²) in [7, 11) is 1.28. The molecule has 5 nitrogen and oxygen atoms in total. The van der Waals surface area contributed by atoms with Gasteiger partial charge in [0.05, 0.1) is 13.2 Å². The maximum atomic E-state index is 12.2. The molecule has 5 heteroatoms. The first-order valence-corrected chi connectivity index (χ1v) is 6.83. The minimum atomic E-state index is -0.709. The molecular weight excluding hydrogens is 270 g/mol. The molecule has 2 rings (SSSR count). The molecule has 0 saturated carbocycles. The van der Waals surface area contributed by atoms with E-state index in [1.807, 2.05) is 31.2 Å². The van der Waals surface area contributed by atoms with E-state index < -0.39 is 18.1 Å². The second-order valence-electron chi connectivity index (χ2n) is 5.11. The monoisotopic (exact) mass is 289 g/mol. The molecule has 1 aromatic carbocycles. The van der Waals surface area contributed by atoms with Gasteiger partial charge >= 0.3 is 5.97 Å². The number of aliphatic hydroxyl groups excluding tert-OH is 1. The Balaban J connectivity index is 2.12. The number of methoxy groups -OCH3 is 1. The Morgan fingerprint density at radius 2 is 2.10 bits per heavy atom. The van der Waals surface area contributed by atoms with Gasteiger partial charge in [-0.25, -0.2) is 4.79 Å². The van der Waals surface area contributed by atoms with E-state index in [1.165, 1.54) is 18.1 Å². The number of hydrogen-bond donors (Lipinski definition) is 1. The van der Waals surface area contributed by atoms with Crippen molar-refractivity contribution in [2.24, 2.45) is 0 Å². The van der Waals surface area contributed by atoms with Gasteiger partial charge in [-0.05, 0) is 24.1 Å². The van der Waals surface area contributed by atoms with Crippen LogP contribution < -0.4 is 0 Å². The first-order valence-electron chi connectivity index (χ1n) is 6.83. The molecule has 1 amide bonds. The van der Waals surface area contributed by atoms with E-state index in [1.54, 1.807) is 6.08 Å². The van der Waals surface area contributed by atoms with Gasteiger partial charge in [-0.2, -0.15) is 0 Å². The lowest BCUT2D eigenvalue weighted by atomic mass is 10.1. The lowest BCUT2D eigenvalue weighted by Crippen LogP contribution is -2.40. The van der Waals surface area contributed by atoms with Crippen molar-refractivity contribution in [3.05, 3.63) is 41.5 Å². The minimum Gasteiger partial charge on any atom is -0.467 e. The molecule has 1 aliphatic heterocycles. The summed E-state index contributed by atoms with van der Waals surface area (Å²) in [4.78, 5) is 25.2. The maximum absolute atomic E-state index is 12.2. The molecule has 1 aromatic rings. The Bertz CT molecular complexity index is 567. The normalized spacial score (nSPS) is 21.8. The van der Waals surface area contributed by atoms with E-state index in [4.69, 9.17) is 0 Å². The molecule has 1 fully saturated rings. The Kier molecular flexibility index (Phi) is 4.75. The fourth-order valence-electron chi connectivity index (χ4n) is 2.45. The third kappa shape index (κ3) is 3.49. The van der Waals surface area contributed by atoms with Crippen molar-refractivity contribution in [1.82, 2.24) is 4.90 Å². The summed E-state index contributed by atoms with van der Waals surface area (Å²) >= 11 is 0. The van der Waals surface area contributed by atoms with Crippen molar-refractivity contribution in [3.8, 4) is 0 Å². The van der Waals surface area contributed by atoms with Gasteiger partial charge in [0.2, 0.25) is 5.91 Å². The van der Waals surface area contributed by atoms with Crippen LogP contribution in [0.1, 0.15) is 17.5 Å². The van der Waals surface area contributed by atoms with Crippen molar-refractivity contribution in [2.75, 3.05) is 13.7 Å². The molecule has 112 valence electrons. The largest absolute Gasteiger partial charge is 0.467 e. The number of ether oxygens (including phenoxy) is 1. The number of nitrogens with zero attached hydrogens (tertiary/aromatic N) is 1. The summed E-state index contributed by atoms with van der Waals surface area (Å²) in [6.07, 6.45) is 2.67. The van der Waals surface area contributed by atoms with Crippen LogP contribution in [-0.2, 0) is 14.3 Å². The van der Waals surface area contributed by atoms with Gasteiger partial charge in [0, 0.05) is 19.0 Å². The molecule has 2 atom stereocenters. The number of carbonyl (C=O) groups is 2. The SMILES string of the molecule is COC(=O)C1CC(O)CN1C(=O)/C=C/c1ccccc1C. The van der Waals surface area contributed by atoms with E-state index in [9.17, 15) is 14.7 Å². The molecule has 21 heavy (non-hydrogen) atoms.